The Morgan fingerprint density at radius 3 is 2.65 bits per heavy atom. The first-order valence-electron chi connectivity index (χ1n) is 6.23. The summed E-state index contributed by atoms with van der Waals surface area (Å²) >= 11 is 0. The molecule has 5 heteroatoms. The lowest BCUT2D eigenvalue weighted by Gasteiger charge is -2.41. The molecular formula is C12H22N2O3. The number of carbonyl (C=O) groups is 1. The molecular weight excluding hydrogens is 220 g/mol. The quantitative estimate of drug-likeness (QED) is 0.732. The lowest BCUT2D eigenvalue weighted by molar-refractivity contribution is -0.164. The van der Waals surface area contributed by atoms with Crippen molar-refractivity contribution < 1.29 is 14.7 Å². The van der Waals surface area contributed by atoms with Crippen LogP contribution in [0, 0.1) is 10.8 Å². The highest BCUT2D eigenvalue weighted by Gasteiger charge is 2.54. The normalized spacial score (nSPS) is 34.4. The molecule has 17 heavy (non-hydrogen) atoms. The van der Waals surface area contributed by atoms with Gasteiger partial charge in [0.15, 0.2) is 0 Å². The second kappa shape index (κ2) is 4.14. The maximum atomic E-state index is 10.8. The summed E-state index contributed by atoms with van der Waals surface area (Å²) in [6, 6.07) is 0.154. The molecule has 0 bridgehead atoms. The number of rotatable bonds is 1. The van der Waals surface area contributed by atoms with E-state index in [0.29, 0.717) is 6.54 Å². The lowest BCUT2D eigenvalue weighted by atomic mass is 9.69. The fraction of sp³-hybridized carbons (Fsp3) is 0.917. The summed E-state index contributed by atoms with van der Waals surface area (Å²) in [6.07, 6.45) is 0.908. The molecule has 2 aliphatic rings. The molecule has 2 unspecified atom stereocenters. The highest BCUT2D eigenvalue weighted by molar-refractivity contribution is 5.56. The molecule has 98 valence electrons. The van der Waals surface area contributed by atoms with Gasteiger partial charge in [0.2, 0.25) is 0 Å². The third-order valence-corrected chi connectivity index (χ3v) is 3.99. The van der Waals surface area contributed by atoms with Crippen LogP contribution in [0.25, 0.3) is 0 Å². The first-order valence-corrected chi connectivity index (χ1v) is 6.23. The standard InChI is InChI=1S/C12H22N2O3/c1-11(2,3)9-12(4-6-13-8-12)5-7-14(9)17-10(15)16/h9,13H,4-8H2,1-3H3,(H,15,16). The number of hydrogen-bond donors (Lipinski definition) is 2. The van der Waals surface area contributed by atoms with Crippen molar-refractivity contribution >= 4 is 6.16 Å². The predicted octanol–water partition coefficient (Wildman–Crippen LogP) is 1.70. The van der Waals surface area contributed by atoms with E-state index >= 15 is 0 Å². The number of nitrogens with zero attached hydrogens (tertiary/aromatic N) is 1. The Balaban J connectivity index is 2.23. The van der Waals surface area contributed by atoms with Crippen molar-refractivity contribution in [2.45, 2.75) is 39.7 Å². The highest BCUT2D eigenvalue weighted by atomic mass is 16.8. The zero-order valence-electron chi connectivity index (χ0n) is 10.8. The first-order chi connectivity index (χ1) is 7.85. The third-order valence-electron chi connectivity index (χ3n) is 3.99. The zero-order chi connectivity index (χ0) is 12.7. The van der Waals surface area contributed by atoms with Crippen molar-refractivity contribution in [2.75, 3.05) is 19.6 Å². The number of hydroxylamine groups is 2. The number of nitrogens with one attached hydrogen (secondary N) is 1. The van der Waals surface area contributed by atoms with Crippen LogP contribution in [0.2, 0.25) is 0 Å². The van der Waals surface area contributed by atoms with Gasteiger partial charge >= 0.3 is 6.16 Å². The second-order valence-corrected chi connectivity index (χ2v) is 6.31. The van der Waals surface area contributed by atoms with E-state index in [-0.39, 0.29) is 16.9 Å². The first kappa shape index (κ1) is 12.6. The van der Waals surface area contributed by atoms with Gasteiger partial charge in [-0.1, -0.05) is 20.8 Å². The summed E-state index contributed by atoms with van der Waals surface area (Å²) in [5.74, 6) is 0. The summed E-state index contributed by atoms with van der Waals surface area (Å²) in [4.78, 5) is 15.7. The van der Waals surface area contributed by atoms with Crippen LogP contribution in [0.3, 0.4) is 0 Å². The van der Waals surface area contributed by atoms with Gasteiger partial charge in [-0.3, -0.25) is 0 Å². The monoisotopic (exact) mass is 242 g/mol. The van der Waals surface area contributed by atoms with Crippen LogP contribution in [0.1, 0.15) is 33.6 Å². The van der Waals surface area contributed by atoms with E-state index in [2.05, 4.69) is 26.1 Å². The van der Waals surface area contributed by atoms with Crippen molar-refractivity contribution in [3.63, 3.8) is 0 Å². The minimum atomic E-state index is -1.21. The predicted molar refractivity (Wildman–Crippen MR) is 63.6 cm³/mol. The van der Waals surface area contributed by atoms with E-state index in [4.69, 9.17) is 9.94 Å². The summed E-state index contributed by atoms with van der Waals surface area (Å²) in [6.45, 7) is 9.15. The van der Waals surface area contributed by atoms with Gasteiger partial charge < -0.3 is 15.3 Å². The SMILES string of the molecule is CC(C)(C)C1N(OC(=O)O)CCC12CCNC2. The van der Waals surface area contributed by atoms with Crippen LogP contribution in [0.15, 0.2) is 0 Å². The molecule has 0 radical (unpaired) electrons. The van der Waals surface area contributed by atoms with E-state index in [9.17, 15) is 4.79 Å². The topological polar surface area (TPSA) is 61.8 Å². The largest absolute Gasteiger partial charge is 0.525 e. The molecule has 2 atom stereocenters. The van der Waals surface area contributed by atoms with E-state index < -0.39 is 6.16 Å². The van der Waals surface area contributed by atoms with E-state index in [1.54, 1.807) is 5.06 Å². The van der Waals surface area contributed by atoms with Gasteiger partial charge in [-0.05, 0) is 24.8 Å². The molecule has 0 aliphatic carbocycles. The third kappa shape index (κ3) is 2.26. The van der Waals surface area contributed by atoms with Gasteiger partial charge in [0.05, 0.1) is 6.04 Å². The smallest absolute Gasteiger partial charge is 0.448 e. The Morgan fingerprint density at radius 1 is 1.47 bits per heavy atom. The Hall–Kier alpha value is -0.810. The maximum absolute atomic E-state index is 10.8. The summed E-state index contributed by atoms with van der Waals surface area (Å²) in [5, 5.41) is 13.9. The van der Waals surface area contributed by atoms with Crippen LogP contribution in [-0.2, 0) is 4.84 Å². The molecule has 2 saturated heterocycles. The van der Waals surface area contributed by atoms with Crippen LogP contribution < -0.4 is 5.32 Å². The minimum Gasteiger partial charge on any atom is -0.448 e. The molecule has 0 aromatic carbocycles. The highest BCUT2D eigenvalue weighted by Crippen LogP contribution is 2.49. The Bertz CT molecular complexity index is 305. The average molecular weight is 242 g/mol. The van der Waals surface area contributed by atoms with Crippen molar-refractivity contribution in [2.24, 2.45) is 10.8 Å². The van der Waals surface area contributed by atoms with Crippen molar-refractivity contribution in [1.29, 1.82) is 0 Å². The molecule has 2 N–H and O–H groups in total. The summed E-state index contributed by atoms with van der Waals surface area (Å²) in [5.41, 5.74) is 0.186. The molecule has 1 spiro atoms. The number of carboxylic acid groups (broad SMARTS) is 1. The van der Waals surface area contributed by atoms with Crippen molar-refractivity contribution in [3.05, 3.63) is 0 Å². The molecule has 0 aromatic heterocycles. The molecule has 2 fully saturated rings. The number of hydrogen-bond acceptors (Lipinski definition) is 4. The molecule has 0 amide bonds. The van der Waals surface area contributed by atoms with E-state index in [1.807, 2.05) is 0 Å². The molecule has 2 aliphatic heterocycles. The van der Waals surface area contributed by atoms with Gasteiger partial charge in [0.1, 0.15) is 0 Å². The Kier molecular flexibility index (Phi) is 3.08. The Labute approximate surface area is 102 Å². The minimum absolute atomic E-state index is 0.0119. The molecule has 2 rings (SSSR count). The zero-order valence-corrected chi connectivity index (χ0v) is 10.8. The summed E-state index contributed by atoms with van der Waals surface area (Å²) < 4.78 is 0. The van der Waals surface area contributed by atoms with Gasteiger partial charge in [-0.25, -0.2) is 4.79 Å². The molecule has 5 nitrogen and oxygen atoms in total. The molecule has 2 heterocycles. The Morgan fingerprint density at radius 2 is 2.18 bits per heavy atom. The summed E-state index contributed by atoms with van der Waals surface area (Å²) in [7, 11) is 0. The lowest BCUT2D eigenvalue weighted by Crippen LogP contribution is -2.49. The van der Waals surface area contributed by atoms with Gasteiger partial charge in [-0.15, -0.1) is 5.06 Å². The van der Waals surface area contributed by atoms with Gasteiger partial charge in [-0.2, -0.15) is 0 Å². The molecule has 0 aromatic rings. The fourth-order valence-corrected chi connectivity index (χ4v) is 3.66. The molecule has 0 saturated carbocycles. The van der Waals surface area contributed by atoms with E-state index in [0.717, 1.165) is 25.9 Å². The van der Waals surface area contributed by atoms with Crippen LogP contribution in [0.5, 0.6) is 0 Å². The van der Waals surface area contributed by atoms with Crippen LogP contribution >= 0.6 is 0 Å². The average Bonchev–Trinajstić information content (AvgIpc) is 2.73. The van der Waals surface area contributed by atoms with Crippen LogP contribution in [0.4, 0.5) is 4.79 Å². The van der Waals surface area contributed by atoms with Gasteiger partial charge in [0, 0.05) is 18.5 Å². The van der Waals surface area contributed by atoms with Crippen LogP contribution in [-0.4, -0.2) is 42.0 Å². The van der Waals surface area contributed by atoms with Gasteiger partial charge in [0.25, 0.3) is 0 Å². The fourth-order valence-electron chi connectivity index (χ4n) is 3.66. The van der Waals surface area contributed by atoms with E-state index in [1.165, 1.54) is 0 Å². The van der Waals surface area contributed by atoms with Crippen molar-refractivity contribution in [1.82, 2.24) is 10.4 Å². The maximum Gasteiger partial charge on any atom is 0.525 e. The van der Waals surface area contributed by atoms with Crippen molar-refractivity contribution in [3.8, 4) is 0 Å². The second-order valence-electron chi connectivity index (χ2n) is 6.31.